The number of nitrogens with one attached hydrogen (secondary N) is 1. The van der Waals surface area contributed by atoms with E-state index >= 15 is 0 Å². The summed E-state index contributed by atoms with van der Waals surface area (Å²) >= 11 is 0. The molecule has 0 bridgehead atoms. The second-order valence-corrected chi connectivity index (χ2v) is 3.02. The van der Waals surface area contributed by atoms with E-state index < -0.39 is 0 Å². The van der Waals surface area contributed by atoms with E-state index in [2.05, 4.69) is 19.2 Å². The van der Waals surface area contributed by atoms with Gasteiger partial charge in [0.1, 0.15) is 0 Å². The summed E-state index contributed by atoms with van der Waals surface area (Å²) in [6.07, 6.45) is 7.65. The van der Waals surface area contributed by atoms with E-state index in [1.54, 1.807) is 0 Å². The maximum atomic E-state index is 3.81. The third kappa shape index (κ3) is 13.2. The summed E-state index contributed by atoms with van der Waals surface area (Å²) in [6.45, 7) is 8.43. The van der Waals surface area contributed by atoms with Crippen LogP contribution in [0.25, 0.3) is 0 Å². The minimum absolute atomic E-state index is 0. The van der Waals surface area contributed by atoms with Crippen molar-refractivity contribution in [3.05, 3.63) is 6.92 Å². The molecule has 0 radical (unpaired) electrons. The van der Waals surface area contributed by atoms with Gasteiger partial charge in [0.05, 0.1) is 0 Å². The molecule has 0 saturated heterocycles. The van der Waals surface area contributed by atoms with Gasteiger partial charge in [0.15, 0.2) is 0 Å². The second kappa shape index (κ2) is 14.1. The van der Waals surface area contributed by atoms with Gasteiger partial charge in [-0.05, 0) is 25.9 Å². The zero-order chi connectivity index (χ0) is 8.36. The molecular formula is C10H22LiN. The van der Waals surface area contributed by atoms with Crippen molar-refractivity contribution in [1.82, 2.24) is 5.32 Å². The smallest absolute Gasteiger partial charge is 0.343 e. The van der Waals surface area contributed by atoms with E-state index in [0.717, 1.165) is 6.42 Å². The first-order valence-electron chi connectivity index (χ1n) is 4.91. The van der Waals surface area contributed by atoms with Gasteiger partial charge >= 0.3 is 18.9 Å². The summed E-state index contributed by atoms with van der Waals surface area (Å²) in [7, 11) is 0. The molecule has 0 heterocycles. The maximum Gasteiger partial charge on any atom is 1.00 e. The van der Waals surface area contributed by atoms with Crippen LogP contribution in [-0.4, -0.2) is 13.1 Å². The molecule has 12 heavy (non-hydrogen) atoms. The Kier molecular flexibility index (Phi) is 17.7. The third-order valence-electron chi connectivity index (χ3n) is 1.81. The molecule has 0 rings (SSSR count). The van der Waals surface area contributed by atoms with E-state index in [4.69, 9.17) is 0 Å². The minimum Gasteiger partial charge on any atom is -0.343 e. The van der Waals surface area contributed by atoms with Crippen molar-refractivity contribution in [2.45, 2.75) is 45.4 Å². The normalized spacial score (nSPS) is 9.50. The van der Waals surface area contributed by atoms with Gasteiger partial charge in [-0.25, -0.2) is 0 Å². The quantitative estimate of drug-likeness (QED) is 0.296. The first-order valence-corrected chi connectivity index (χ1v) is 4.91. The SMILES string of the molecule is [CH2-]CCCCCNCCCC.[Li+]. The summed E-state index contributed by atoms with van der Waals surface area (Å²) in [5.74, 6) is 0. The topological polar surface area (TPSA) is 12.0 Å². The standard InChI is InChI=1S/C10H22N.Li/c1-3-5-7-8-10-11-9-6-4-2;/h11H,1,3-10H2,2H3;/q-1;+1. The minimum atomic E-state index is 0. The van der Waals surface area contributed by atoms with Crippen molar-refractivity contribution in [2.24, 2.45) is 0 Å². The molecule has 0 aliphatic rings. The monoisotopic (exact) mass is 163 g/mol. The van der Waals surface area contributed by atoms with Crippen LogP contribution in [0.2, 0.25) is 0 Å². The van der Waals surface area contributed by atoms with Crippen LogP contribution in [0.15, 0.2) is 0 Å². The van der Waals surface area contributed by atoms with E-state index in [0.29, 0.717) is 0 Å². The Morgan fingerprint density at radius 1 is 1.00 bits per heavy atom. The summed E-state index contributed by atoms with van der Waals surface area (Å²) in [6, 6.07) is 0. The molecule has 0 spiro atoms. The van der Waals surface area contributed by atoms with E-state index in [1.165, 1.54) is 45.2 Å². The van der Waals surface area contributed by atoms with Gasteiger partial charge in [-0.2, -0.15) is 6.42 Å². The van der Waals surface area contributed by atoms with Gasteiger partial charge in [-0.1, -0.05) is 26.2 Å². The Hall–Kier alpha value is 0.557. The fourth-order valence-electron chi connectivity index (χ4n) is 1.03. The average Bonchev–Trinajstić information content (AvgIpc) is 2.03. The fraction of sp³-hybridized carbons (Fsp3) is 0.900. The van der Waals surface area contributed by atoms with Crippen molar-refractivity contribution in [3.63, 3.8) is 0 Å². The van der Waals surface area contributed by atoms with Crippen molar-refractivity contribution in [3.8, 4) is 0 Å². The molecule has 0 aliphatic carbocycles. The van der Waals surface area contributed by atoms with Crippen LogP contribution in [0.4, 0.5) is 0 Å². The molecule has 0 saturated carbocycles. The zero-order valence-corrected chi connectivity index (χ0v) is 8.86. The second-order valence-electron chi connectivity index (χ2n) is 3.02. The molecule has 0 fully saturated rings. The summed E-state index contributed by atoms with van der Waals surface area (Å²) in [5, 5.41) is 3.42. The van der Waals surface area contributed by atoms with Gasteiger partial charge in [-0.15, -0.1) is 0 Å². The number of unbranched alkanes of at least 4 members (excludes halogenated alkanes) is 4. The number of rotatable bonds is 8. The summed E-state index contributed by atoms with van der Waals surface area (Å²) < 4.78 is 0. The van der Waals surface area contributed by atoms with E-state index in [9.17, 15) is 0 Å². The number of hydrogen-bond donors (Lipinski definition) is 1. The molecule has 0 atom stereocenters. The molecule has 0 aromatic heterocycles. The maximum absolute atomic E-state index is 3.81. The van der Waals surface area contributed by atoms with Gasteiger partial charge < -0.3 is 12.2 Å². The molecule has 0 amide bonds. The molecule has 0 aromatic carbocycles. The molecule has 0 unspecified atom stereocenters. The molecule has 1 N–H and O–H groups in total. The van der Waals surface area contributed by atoms with Crippen LogP contribution < -0.4 is 24.2 Å². The molecule has 0 aliphatic heterocycles. The Labute approximate surface area is 89.9 Å². The summed E-state index contributed by atoms with van der Waals surface area (Å²) in [4.78, 5) is 0. The Morgan fingerprint density at radius 3 is 2.25 bits per heavy atom. The molecule has 1 nitrogen and oxygen atoms in total. The fourth-order valence-corrected chi connectivity index (χ4v) is 1.03. The first kappa shape index (κ1) is 15.0. The van der Waals surface area contributed by atoms with Crippen LogP contribution in [-0.2, 0) is 0 Å². The van der Waals surface area contributed by atoms with Crippen molar-refractivity contribution < 1.29 is 18.9 Å². The van der Waals surface area contributed by atoms with Crippen molar-refractivity contribution in [1.29, 1.82) is 0 Å². The third-order valence-corrected chi connectivity index (χ3v) is 1.81. The van der Waals surface area contributed by atoms with Gasteiger partial charge in [0.2, 0.25) is 0 Å². The zero-order valence-electron chi connectivity index (χ0n) is 8.86. The van der Waals surface area contributed by atoms with E-state index in [1.807, 2.05) is 0 Å². The largest absolute Gasteiger partial charge is 1.00 e. The van der Waals surface area contributed by atoms with Crippen molar-refractivity contribution in [2.75, 3.05) is 13.1 Å². The molecule has 68 valence electrons. The Morgan fingerprint density at radius 2 is 1.67 bits per heavy atom. The van der Waals surface area contributed by atoms with Gasteiger partial charge in [-0.3, -0.25) is 0 Å². The Bertz CT molecular complexity index is 58.9. The molecular weight excluding hydrogens is 141 g/mol. The molecule has 0 aromatic rings. The Balaban J connectivity index is 0. The van der Waals surface area contributed by atoms with Gasteiger partial charge in [0.25, 0.3) is 0 Å². The summed E-state index contributed by atoms with van der Waals surface area (Å²) in [5.41, 5.74) is 0. The van der Waals surface area contributed by atoms with E-state index in [-0.39, 0.29) is 18.9 Å². The van der Waals surface area contributed by atoms with Gasteiger partial charge in [0, 0.05) is 0 Å². The van der Waals surface area contributed by atoms with Crippen LogP contribution >= 0.6 is 0 Å². The van der Waals surface area contributed by atoms with Crippen molar-refractivity contribution >= 4 is 0 Å². The predicted octanol–water partition coefficient (Wildman–Crippen LogP) is -0.225. The van der Waals surface area contributed by atoms with Crippen LogP contribution in [0, 0.1) is 6.92 Å². The van der Waals surface area contributed by atoms with Crippen LogP contribution in [0.5, 0.6) is 0 Å². The molecule has 2 heteroatoms. The van der Waals surface area contributed by atoms with Crippen LogP contribution in [0.3, 0.4) is 0 Å². The average molecular weight is 163 g/mol. The number of hydrogen-bond acceptors (Lipinski definition) is 1. The van der Waals surface area contributed by atoms with Crippen LogP contribution in [0.1, 0.15) is 45.4 Å². The first-order chi connectivity index (χ1) is 5.41. The predicted molar refractivity (Wildman–Crippen MR) is 51.6 cm³/mol.